The molecule has 262 valence electrons. The van der Waals surface area contributed by atoms with E-state index in [1.54, 1.807) is 0 Å². The molecule has 12 aromatic rings. The van der Waals surface area contributed by atoms with E-state index in [0.29, 0.717) is 0 Å². The molecule has 0 fully saturated rings. The van der Waals surface area contributed by atoms with E-state index in [9.17, 15) is 0 Å². The number of furan rings is 1. The molecular weight excluding hydrogens is 701 g/mol. The molecular formula is C52H32N2OS. The Bertz CT molecular complexity index is 3370. The summed E-state index contributed by atoms with van der Waals surface area (Å²) >= 11 is 1.85. The number of thiophene rings is 1. The average Bonchev–Trinajstić information content (AvgIpc) is 3.93. The molecule has 0 saturated carbocycles. The molecule has 0 bridgehead atoms. The van der Waals surface area contributed by atoms with Crippen molar-refractivity contribution in [1.82, 2.24) is 4.57 Å². The van der Waals surface area contributed by atoms with Gasteiger partial charge in [-0.3, -0.25) is 0 Å². The zero-order valence-corrected chi connectivity index (χ0v) is 31.0. The molecule has 0 radical (unpaired) electrons. The van der Waals surface area contributed by atoms with E-state index in [1.807, 2.05) is 23.5 Å². The van der Waals surface area contributed by atoms with Gasteiger partial charge in [-0.2, -0.15) is 0 Å². The van der Waals surface area contributed by atoms with E-state index in [2.05, 4.69) is 191 Å². The number of nitrogens with zero attached hydrogens (tertiary/aromatic N) is 2. The Morgan fingerprint density at radius 1 is 0.393 bits per heavy atom. The van der Waals surface area contributed by atoms with Crippen molar-refractivity contribution in [1.29, 1.82) is 0 Å². The van der Waals surface area contributed by atoms with E-state index in [4.69, 9.17) is 4.42 Å². The van der Waals surface area contributed by atoms with Gasteiger partial charge in [-0.05, 0) is 95.4 Å². The molecule has 3 heterocycles. The summed E-state index contributed by atoms with van der Waals surface area (Å²) in [5.41, 5.74) is 11.0. The largest absolute Gasteiger partial charge is 0.456 e. The highest BCUT2D eigenvalue weighted by atomic mass is 32.1. The van der Waals surface area contributed by atoms with Crippen LogP contribution in [0, 0.1) is 0 Å². The maximum Gasteiger partial charge on any atom is 0.135 e. The van der Waals surface area contributed by atoms with Gasteiger partial charge in [0.05, 0.1) is 11.0 Å². The van der Waals surface area contributed by atoms with E-state index in [1.165, 1.54) is 63.9 Å². The average molecular weight is 733 g/mol. The van der Waals surface area contributed by atoms with Crippen LogP contribution in [-0.2, 0) is 0 Å². The van der Waals surface area contributed by atoms with Gasteiger partial charge in [0.1, 0.15) is 11.2 Å². The van der Waals surface area contributed by atoms with Crippen LogP contribution in [0.4, 0.5) is 17.1 Å². The van der Waals surface area contributed by atoms with Gasteiger partial charge in [0.25, 0.3) is 0 Å². The first-order chi connectivity index (χ1) is 27.7. The van der Waals surface area contributed by atoms with Crippen LogP contribution in [0.3, 0.4) is 0 Å². The van der Waals surface area contributed by atoms with Gasteiger partial charge in [-0.25, -0.2) is 0 Å². The molecule has 0 atom stereocenters. The van der Waals surface area contributed by atoms with Gasteiger partial charge in [0.2, 0.25) is 0 Å². The van der Waals surface area contributed by atoms with Gasteiger partial charge in [0.15, 0.2) is 0 Å². The lowest BCUT2D eigenvalue weighted by molar-refractivity contribution is 0.669. The monoisotopic (exact) mass is 732 g/mol. The molecule has 56 heavy (non-hydrogen) atoms. The third kappa shape index (κ3) is 4.76. The predicted octanol–water partition coefficient (Wildman–Crippen LogP) is 15.3. The van der Waals surface area contributed by atoms with Crippen LogP contribution < -0.4 is 4.90 Å². The molecule has 0 spiro atoms. The van der Waals surface area contributed by atoms with Crippen LogP contribution in [0.15, 0.2) is 199 Å². The summed E-state index contributed by atoms with van der Waals surface area (Å²) in [5, 5.41) is 9.80. The maximum absolute atomic E-state index is 6.25. The van der Waals surface area contributed by atoms with Crippen molar-refractivity contribution < 1.29 is 4.42 Å². The zero-order valence-electron chi connectivity index (χ0n) is 30.2. The van der Waals surface area contributed by atoms with Gasteiger partial charge < -0.3 is 13.9 Å². The quantitative estimate of drug-likeness (QED) is 0.176. The normalized spacial score (nSPS) is 11.9. The van der Waals surface area contributed by atoms with Crippen LogP contribution in [0.2, 0.25) is 0 Å². The molecule has 0 saturated heterocycles. The lowest BCUT2D eigenvalue weighted by Crippen LogP contribution is -2.09. The molecule has 0 unspecified atom stereocenters. The minimum absolute atomic E-state index is 0.890. The number of rotatable bonds is 5. The van der Waals surface area contributed by atoms with Crippen LogP contribution in [0.25, 0.3) is 91.5 Å². The van der Waals surface area contributed by atoms with E-state index in [0.717, 1.165) is 44.7 Å². The predicted molar refractivity (Wildman–Crippen MR) is 239 cm³/mol. The van der Waals surface area contributed by atoms with Gasteiger partial charge >= 0.3 is 0 Å². The lowest BCUT2D eigenvalue weighted by atomic mass is 10.0. The molecule has 4 heteroatoms. The Morgan fingerprint density at radius 3 is 1.91 bits per heavy atom. The summed E-state index contributed by atoms with van der Waals surface area (Å²) in [6.07, 6.45) is 0. The minimum atomic E-state index is 0.890. The molecule has 3 nitrogen and oxygen atoms in total. The molecule has 9 aromatic carbocycles. The smallest absolute Gasteiger partial charge is 0.135 e. The minimum Gasteiger partial charge on any atom is -0.456 e. The van der Waals surface area contributed by atoms with Crippen LogP contribution >= 0.6 is 11.3 Å². The molecule has 0 aliphatic carbocycles. The van der Waals surface area contributed by atoms with E-state index >= 15 is 0 Å². The number of hydrogen-bond acceptors (Lipinski definition) is 3. The molecule has 3 aromatic heterocycles. The summed E-state index contributed by atoms with van der Waals surface area (Å²) in [6, 6.07) is 70.4. The first-order valence-electron chi connectivity index (χ1n) is 19.0. The van der Waals surface area contributed by atoms with Crippen molar-refractivity contribution >= 4 is 103 Å². The first kappa shape index (κ1) is 31.2. The Labute approximate surface area is 326 Å². The Kier molecular flexibility index (Phi) is 6.80. The highest BCUT2D eigenvalue weighted by Crippen LogP contribution is 2.43. The fraction of sp³-hybridized carbons (Fsp3) is 0. The van der Waals surface area contributed by atoms with Crippen molar-refractivity contribution in [2.24, 2.45) is 0 Å². The third-order valence-corrected chi connectivity index (χ3v) is 12.5. The lowest BCUT2D eigenvalue weighted by Gasteiger charge is -2.26. The van der Waals surface area contributed by atoms with Gasteiger partial charge in [-0.15, -0.1) is 11.3 Å². The zero-order chi connectivity index (χ0) is 36.7. The second kappa shape index (κ2) is 12.2. The second-order valence-electron chi connectivity index (χ2n) is 14.5. The van der Waals surface area contributed by atoms with Gasteiger partial charge in [0, 0.05) is 69.9 Å². The maximum atomic E-state index is 6.25. The standard InChI is InChI=1S/C52H32N2OS/c1-2-11-36(12-3-1)54-47-30-35(21-26-41(47)44-27-20-34-10-4-5-13-40(34)52(44)54)33-18-22-37(23-19-33)53(38-24-28-49-45(31-38)42-14-6-8-16-48(42)55-49)39-25-29-51-46(32-39)43-15-7-9-17-50(43)56-51/h1-32H. The Balaban J connectivity index is 1.02. The SMILES string of the molecule is c1ccc(-n2c3cc(-c4ccc(N(c5ccc6oc7ccccc7c6c5)c5ccc6sc7ccccc7c6c5)cc4)ccc3c3ccc4ccccc4c32)cc1. The highest BCUT2D eigenvalue weighted by molar-refractivity contribution is 7.25. The Hall–Kier alpha value is -7.14. The summed E-state index contributed by atoms with van der Waals surface area (Å²) in [6.45, 7) is 0. The fourth-order valence-electron chi connectivity index (χ4n) is 8.76. The topological polar surface area (TPSA) is 21.3 Å². The van der Waals surface area contributed by atoms with Gasteiger partial charge in [-0.1, -0.05) is 115 Å². The van der Waals surface area contributed by atoms with E-state index < -0.39 is 0 Å². The molecule has 12 rings (SSSR count). The number of hydrogen-bond donors (Lipinski definition) is 0. The molecule has 0 N–H and O–H groups in total. The van der Waals surface area contributed by atoms with Crippen LogP contribution in [0.1, 0.15) is 0 Å². The Morgan fingerprint density at radius 2 is 1.04 bits per heavy atom. The van der Waals surface area contributed by atoms with Crippen molar-refractivity contribution in [3.63, 3.8) is 0 Å². The summed E-state index contributed by atoms with van der Waals surface area (Å²) in [4.78, 5) is 2.37. The van der Waals surface area contributed by atoms with Crippen LogP contribution in [-0.4, -0.2) is 4.57 Å². The van der Waals surface area contributed by atoms with E-state index in [-0.39, 0.29) is 0 Å². The molecule has 0 aliphatic rings. The summed E-state index contributed by atoms with van der Waals surface area (Å²) < 4.78 is 11.3. The van der Waals surface area contributed by atoms with Crippen molar-refractivity contribution in [3.8, 4) is 16.8 Å². The summed E-state index contributed by atoms with van der Waals surface area (Å²) in [5.74, 6) is 0. The fourth-order valence-corrected chi connectivity index (χ4v) is 9.85. The number of anilines is 3. The number of benzene rings is 9. The molecule has 0 aliphatic heterocycles. The third-order valence-electron chi connectivity index (χ3n) is 11.4. The number of para-hydroxylation sites is 2. The summed E-state index contributed by atoms with van der Waals surface area (Å²) in [7, 11) is 0. The van der Waals surface area contributed by atoms with Crippen molar-refractivity contribution in [2.75, 3.05) is 4.90 Å². The number of fused-ring (bicyclic) bond motifs is 11. The van der Waals surface area contributed by atoms with Crippen LogP contribution in [0.5, 0.6) is 0 Å². The highest BCUT2D eigenvalue weighted by Gasteiger charge is 2.19. The van der Waals surface area contributed by atoms with Crippen molar-refractivity contribution in [2.45, 2.75) is 0 Å². The first-order valence-corrected chi connectivity index (χ1v) is 19.8. The number of aromatic nitrogens is 1. The van der Waals surface area contributed by atoms with Crippen molar-refractivity contribution in [3.05, 3.63) is 194 Å². The molecule has 0 amide bonds. The second-order valence-corrected chi connectivity index (χ2v) is 15.6.